The van der Waals surface area contributed by atoms with Crippen molar-refractivity contribution in [2.24, 2.45) is 34.5 Å². The van der Waals surface area contributed by atoms with E-state index in [1.807, 2.05) is 6.92 Å². The van der Waals surface area contributed by atoms with Crippen molar-refractivity contribution in [3.63, 3.8) is 0 Å². The number of fused-ring (bicyclic) bond motifs is 3. The predicted molar refractivity (Wildman–Crippen MR) is 131 cm³/mol. The molecule has 188 valence electrons. The number of ketones is 1. The minimum Gasteiger partial charge on any atom is -0.451 e. The molecule has 4 aliphatic carbocycles. The zero-order valence-electron chi connectivity index (χ0n) is 20.9. The Labute approximate surface area is 205 Å². The fourth-order valence-electron chi connectivity index (χ4n) is 7.64. The van der Waals surface area contributed by atoms with Crippen molar-refractivity contribution in [3.05, 3.63) is 53.1 Å². The highest BCUT2D eigenvalue weighted by molar-refractivity contribution is 5.97. The van der Waals surface area contributed by atoms with E-state index in [-0.39, 0.29) is 34.2 Å². The lowest BCUT2D eigenvalue weighted by Gasteiger charge is -2.48. The third-order valence-corrected chi connectivity index (χ3v) is 9.54. The number of aliphatic hydroxyl groups excluding tert-OH is 2. The lowest BCUT2D eigenvalue weighted by molar-refractivity contribution is -0.190. The van der Waals surface area contributed by atoms with Gasteiger partial charge in [-0.3, -0.25) is 4.79 Å². The third-order valence-electron chi connectivity index (χ3n) is 9.54. The summed E-state index contributed by atoms with van der Waals surface area (Å²) in [5, 5.41) is 37.2. The predicted octanol–water partition coefficient (Wildman–Crippen LogP) is 2.72. The quantitative estimate of drug-likeness (QED) is 0.386. The molecule has 35 heavy (non-hydrogen) atoms. The number of esters is 1. The second-order valence-corrected chi connectivity index (χ2v) is 11.4. The Kier molecular flexibility index (Phi) is 5.37. The molecule has 0 radical (unpaired) electrons. The Balaban J connectivity index is 1.63. The van der Waals surface area contributed by atoms with E-state index in [0.29, 0.717) is 23.6 Å². The van der Waals surface area contributed by atoms with Gasteiger partial charge in [0, 0.05) is 18.7 Å². The molecule has 0 heterocycles. The smallest absolute Gasteiger partial charge is 0.340 e. The molecule has 0 amide bonds. The van der Waals surface area contributed by atoms with E-state index in [0.717, 1.165) is 0 Å². The number of Topliss-reactive ketones (excluding diaryl/α,β-unsaturated/α-hetero) is 1. The lowest BCUT2D eigenvalue weighted by Crippen LogP contribution is -2.65. The molecular formula is C28H35NO6. The molecule has 0 aliphatic heterocycles. The maximum absolute atomic E-state index is 14.4. The van der Waals surface area contributed by atoms with Crippen LogP contribution >= 0.6 is 0 Å². The average molecular weight is 482 g/mol. The summed E-state index contributed by atoms with van der Waals surface area (Å²) in [4.78, 5) is 27.7. The van der Waals surface area contributed by atoms with Gasteiger partial charge in [-0.2, -0.15) is 0 Å². The number of hydrogen-bond acceptors (Lipinski definition) is 7. The van der Waals surface area contributed by atoms with Crippen LogP contribution in [0.5, 0.6) is 0 Å². The van der Waals surface area contributed by atoms with Gasteiger partial charge in [-0.05, 0) is 59.8 Å². The van der Waals surface area contributed by atoms with E-state index < -0.39 is 41.7 Å². The number of anilines is 1. The Morgan fingerprint density at radius 2 is 1.94 bits per heavy atom. The van der Waals surface area contributed by atoms with Gasteiger partial charge in [0.2, 0.25) is 0 Å². The SMILES string of the molecule is CNc1ccccc1C(=O)O[C@H]1C(C)=C[C@]23C(=O)[C@@H](C=C(CO)[C@@H](O)[C@]12O)[C@H]1[C@@H](C[C@H]3C)C1(C)C. The topological polar surface area (TPSA) is 116 Å². The van der Waals surface area contributed by atoms with Crippen LogP contribution in [-0.2, 0) is 9.53 Å². The highest BCUT2D eigenvalue weighted by Crippen LogP contribution is 2.71. The van der Waals surface area contributed by atoms with Crippen LogP contribution < -0.4 is 5.32 Å². The van der Waals surface area contributed by atoms with Crippen LogP contribution in [-0.4, -0.2) is 58.5 Å². The molecule has 2 fully saturated rings. The zero-order valence-corrected chi connectivity index (χ0v) is 20.9. The minimum absolute atomic E-state index is 0.0409. The number of benzene rings is 1. The molecular weight excluding hydrogens is 446 g/mol. The molecule has 2 bridgehead atoms. The molecule has 8 atom stereocenters. The first-order valence-electron chi connectivity index (χ1n) is 12.4. The fraction of sp³-hybridized carbons (Fsp3) is 0.571. The number of nitrogens with one attached hydrogen (secondary N) is 1. The summed E-state index contributed by atoms with van der Waals surface area (Å²) in [6.07, 6.45) is 1.30. The molecule has 0 unspecified atom stereocenters. The van der Waals surface area contributed by atoms with Crippen molar-refractivity contribution in [2.75, 3.05) is 19.0 Å². The van der Waals surface area contributed by atoms with Crippen LogP contribution in [0.25, 0.3) is 0 Å². The number of allylic oxidation sites excluding steroid dienone is 1. The van der Waals surface area contributed by atoms with Crippen molar-refractivity contribution in [1.29, 1.82) is 0 Å². The van der Waals surface area contributed by atoms with Gasteiger partial charge in [-0.25, -0.2) is 4.79 Å². The average Bonchev–Trinajstić information content (AvgIpc) is 3.32. The summed E-state index contributed by atoms with van der Waals surface area (Å²) in [5.74, 6) is -1.30. The van der Waals surface area contributed by atoms with Gasteiger partial charge in [-0.1, -0.05) is 45.1 Å². The Hall–Kier alpha value is -2.48. The molecule has 2 saturated carbocycles. The number of carbonyl (C=O) groups excluding carboxylic acids is 2. The van der Waals surface area contributed by atoms with Gasteiger partial charge in [0.25, 0.3) is 0 Å². The Bertz CT molecular complexity index is 1150. The van der Waals surface area contributed by atoms with E-state index in [4.69, 9.17) is 4.74 Å². The van der Waals surface area contributed by atoms with Crippen LogP contribution in [0.15, 0.2) is 47.6 Å². The standard InChI is InChI=1S/C28H35NO6/c1-14-12-27-15(2)10-19-21(26(19,3)4)18(23(27)32)11-16(13-30)22(31)28(27,34)24(14)35-25(33)17-8-6-7-9-20(17)29-5/h6-9,11-12,15,18-19,21-22,24,29-31,34H,10,13H2,1-5H3/t15-,18+,19-,21+,22-,24+,27+,28+/m1/s1. The van der Waals surface area contributed by atoms with Crippen LogP contribution in [0.1, 0.15) is 44.5 Å². The van der Waals surface area contributed by atoms with Gasteiger partial charge >= 0.3 is 5.97 Å². The molecule has 1 aromatic carbocycles. The van der Waals surface area contributed by atoms with E-state index in [1.54, 1.807) is 50.4 Å². The second-order valence-electron chi connectivity index (χ2n) is 11.4. The molecule has 5 rings (SSSR count). The zero-order chi connectivity index (χ0) is 25.5. The number of ether oxygens (including phenoxy) is 1. The molecule has 7 heteroatoms. The van der Waals surface area contributed by atoms with Crippen molar-refractivity contribution in [1.82, 2.24) is 0 Å². The largest absolute Gasteiger partial charge is 0.451 e. The lowest BCUT2D eigenvalue weighted by atomic mass is 9.59. The summed E-state index contributed by atoms with van der Waals surface area (Å²) < 4.78 is 5.93. The fourth-order valence-corrected chi connectivity index (χ4v) is 7.64. The van der Waals surface area contributed by atoms with Crippen molar-refractivity contribution in [3.8, 4) is 0 Å². The van der Waals surface area contributed by atoms with Gasteiger partial charge < -0.3 is 25.4 Å². The van der Waals surface area contributed by atoms with E-state index in [1.165, 1.54) is 0 Å². The highest BCUT2D eigenvalue weighted by atomic mass is 16.6. The van der Waals surface area contributed by atoms with Crippen LogP contribution in [0.4, 0.5) is 5.69 Å². The number of rotatable bonds is 4. The monoisotopic (exact) mass is 481 g/mol. The first-order valence-corrected chi connectivity index (χ1v) is 12.4. The highest BCUT2D eigenvalue weighted by Gasteiger charge is 2.76. The number of hydrogen-bond donors (Lipinski definition) is 4. The van der Waals surface area contributed by atoms with Crippen LogP contribution in [0.3, 0.4) is 0 Å². The van der Waals surface area contributed by atoms with Gasteiger partial charge in [0.1, 0.15) is 6.10 Å². The van der Waals surface area contributed by atoms with Gasteiger partial charge in [-0.15, -0.1) is 0 Å². The molecule has 1 spiro atoms. The van der Waals surface area contributed by atoms with E-state index in [9.17, 15) is 24.9 Å². The first kappa shape index (κ1) is 24.2. The third kappa shape index (κ3) is 2.95. The minimum atomic E-state index is -2.14. The summed E-state index contributed by atoms with van der Waals surface area (Å²) in [6, 6.07) is 6.87. The summed E-state index contributed by atoms with van der Waals surface area (Å²) in [7, 11) is 1.70. The van der Waals surface area contributed by atoms with Crippen LogP contribution in [0, 0.1) is 34.5 Å². The number of para-hydroxylation sites is 1. The maximum Gasteiger partial charge on any atom is 0.340 e. The molecule has 4 N–H and O–H groups in total. The molecule has 1 aromatic rings. The normalized spacial score (nSPS) is 41.0. The second kappa shape index (κ2) is 7.76. The molecule has 0 saturated heterocycles. The van der Waals surface area contributed by atoms with Crippen molar-refractivity contribution < 1.29 is 29.6 Å². The summed E-state index contributed by atoms with van der Waals surface area (Å²) in [5.41, 5.74) is -2.04. The number of aliphatic hydroxyl groups is 3. The molecule has 4 aliphatic rings. The number of carbonyl (C=O) groups is 2. The van der Waals surface area contributed by atoms with E-state index in [2.05, 4.69) is 19.2 Å². The van der Waals surface area contributed by atoms with Gasteiger partial charge in [0.15, 0.2) is 17.5 Å². The van der Waals surface area contributed by atoms with Crippen molar-refractivity contribution in [2.45, 2.75) is 51.9 Å². The molecule has 7 nitrogen and oxygen atoms in total. The first-order chi connectivity index (χ1) is 16.5. The Morgan fingerprint density at radius 1 is 1.26 bits per heavy atom. The van der Waals surface area contributed by atoms with Crippen molar-refractivity contribution >= 4 is 17.4 Å². The molecule has 0 aromatic heterocycles. The summed E-state index contributed by atoms with van der Waals surface area (Å²) >= 11 is 0. The van der Waals surface area contributed by atoms with E-state index >= 15 is 0 Å². The van der Waals surface area contributed by atoms with Crippen LogP contribution in [0.2, 0.25) is 0 Å². The summed E-state index contributed by atoms with van der Waals surface area (Å²) in [6.45, 7) is 7.47. The van der Waals surface area contributed by atoms with Gasteiger partial charge in [0.05, 0.1) is 17.6 Å². The maximum atomic E-state index is 14.4. The Morgan fingerprint density at radius 3 is 2.60 bits per heavy atom.